The summed E-state index contributed by atoms with van der Waals surface area (Å²) in [5.41, 5.74) is 0.547. The highest BCUT2D eigenvalue weighted by Gasteiger charge is 2.22. The minimum atomic E-state index is -0.206. The van der Waals surface area contributed by atoms with Crippen molar-refractivity contribution < 1.29 is 0 Å². The van der Waals surface area contributed by atoms with Gasteiger partial charge in [0.05, 0.1) is 18.4 Å². The molecule has 0 amide bonds. The minimum Gasteiger partial charge on any atom is -0.367 e. The quantitative estimate of drug-likeness (QED) is 0.865. The van der Waals surface area contributed by atoms with Crippen molar-refractivity contribution in [3.8, 4) is 0 Å². The van der Waals surface area contributed by atoms with Gasteiger partial charge < -0.3 is 15.1 Å². The molecule has 6 nitrogen and oxygen atoms in total. The molecule has 0 bridgehead atoms. The van der Waals surface area contributed by atoms with Crippen molar-refractivity contribution in [2.75, 3.05) is 45.7 Å². The predicted octanol–water partition coefficient (Wildman–Crippen LogP) is 0.647. The lowest BCUT2D eigenvalue weighted by Crippen LogP contribution is -2.45. The van der Waals surface area contributed by atoms with E-state index < -0.39 is 0 Å². The molecular weight excluding hydrogens is 290 g/mol. The molecule has 2 heterocycles. The van der Waals surface area contributed by atoms with Crippen molar-refractivity contribution in [3.63, 3.8) is 0 Å². The van der Waals surface area contributed by atoms with E-state index in [0.29, 0.717) is 12.6 Å². The van der Waals surface area contributed by atoms with Gasteiger partial charge >= 0.3 is 0 Å². The lowest BCUT2D eigenvalue weighted by Gasteiger charge is -2.34. The van der Waals surface area contributed by atoms with Gasteiger partial charge in [-0.05, 0) is 34.0 Å². The molecule has 0 spiro atoms. The first kappa shape index (κ1) is 16.3. The molecule has 1 aliphatic heterocycles. The molecular formula is C14H24ClN5O. The van der Waals surface area contributed by atoms with Crippen LogP contribution in [0, 0.1) is 0 Å². The minimum absolute atomic E-state index is 0.206. The van der Waals surface area contributed by atoms with Crippen LogP contribution in [0.3, 0.4) is 0 Å². The van der Waals surface area contributed by atoms with Gasteiger partial charge in [-0.3, -0.25) is 4.79 Å². The second-order valence-electron chi connectivity index (χ2n) is 5.75. The molecule has 1 aromatic rings. The molecule has 0 aromatic carbocycles. The lowest BCUT2D eigenvalue weighted by atomic mass is 10.1. The molecule has 1 N–H and O–H groups in total. The molecule has 1 fully saturated rings. The molecule has 2 rings (SSSR count). The van der Waals surface area contributed by atoms with E-state index in [2.05, 4.69) is 15.3 Å². The van der Waals surface area contributed by atoms with Gasteiger partial charge in [0.1, 0.15) is 5.02 Å². The molecule has 1 unspecified atom stereocenters. The molecule has 21 heavy (non-hydrogen) atoms. The van der Waals surface area contributed by atoms with Crippen LogP contribution in [0.4, 0.5) is 5.69 Å². The Labute approximate surface area is 130 Å². The van der Waals surface area contributed by atoms with E-state index >= 15 is 0 Å². The van der Waals surface area contributed by atoms with Crippen LogP contribution in [0.1, 0.15) is 12.8 Å². The molecule has 1 aromatic heterocycles. The van der Waals surface area contributed by atoms with Gasteiger partial charge in [-0.2, -0.15) is 5.10 Å². The van der Waals surface area contributed by atoms with Gasteiger partial charge in [-0.1, -0.05) is 11.6 Å². The summed E-state index contributed by atoms with van der Waals surface area (Å²) in [4.78, 5) is 16.5. The summed E-state index contributed by atoms with van der Waals surface area (Å²) in [6.07, 6.45) is 3.96. The number of aromatic nitrogens is 2. The van der Waals surface area contributed by atoms with Gasteiger partial charge in [0.25, 0.3) is 5.56 Å². The molecule has 118 valence electrons. The monoisotopic (exact) mass is 313 g/mol. The number of nitrogens with zero attached hydrogens (tertiary/aromatic N) is 4. The summed E-state index contributed by atoms with van der Waals surface area (Å²) in [6, 6.07) is 0.436. The van der Waals surface area contributed by atoms with E-state index in [0.717, 1.165) is 38.2 Å². The molecule has 1 atom stereocenters. The average molecular weight is 314 g/mol. The van der Waals surface area contributed by atoms with Crippen LogP contribution in [-0.2, 0) is 6.54 Å². The van der Waals surface area contributed by atoms with E-state index in [1.165, 1.54) is 4.68 Å². The second kappa shape index (κ2) is 7.24. The number of likely N-dealkylation sites (N-methyl/N-ethyl adjacent to an activating group) is 2. The number of rotatable bonds is 5. The van der Waals surface area contributed by atoms with Crippen molar-refractivity contribution in [2.24, 2.45) is 0 Å². The third-order valence-electron chi connectivity index (χ3n) is 3.90. The Morgan fingerprint density at radius 3 is 2.95 bits per heavy atom. The number of anilines is 1. The zero-order valence-electron chi connectivity index (χ0n) is 13.0. The van der Waals surface area contributed by atoms with Crippen LogP contribution in [0.2, 0.25) is 5.02 Å². The largest absolute Gasteiger partial charge is 0.367 e. The molecule has 1 saturated heterocycles. The van der Waals surface area contributed by atoms with Crippen LogP contribution in [0.5, 0.6) is 0 Å². The highest BCUT2D eigenvalue weighted by molar-refractivity contribution is 6.33. The molecule has 7 heteroatoms. The second-order valence-corrected chi connectivity index (χ2v) is 6.13. The van der Waals surface area contributed by atoms with Gasteiger partial charge in [0.2, 0.25) is 0 Å². The Morgan fingerprint density at radius 2 is 2.29 bits per heavy atom. The molecule has 0 saturated carbocycles. The van der Waals surface area contributed by atoms with Crippen molar-refractivity contribution in [1.29, 1.82) is 0 Å². The van der Waals surface area contributed by atoms with E-state index in [4.69, 9.17) is 11.6 Å². The first-order chi connectivity index (χ1) is 10.0. The number of hydrogen-bond acceptors (Lipinski definition) is 5. The highest BCUT2D eigenvalue weighted by Crippen LogP contribution is 2.24. The van der Waals surface area contributed by atoms with Gasteiger partial charge in [0, 0.05) is 25.7 Å². The van der Waals surface area contributed by atoms with E-state index in [-0.39, 0.29) is 10.6 Å². The van der Waals surface area contributed by atoms with E-state index in [1.54, 1.807) is 6.20 Å². The summed E-state index contributed by atoms with van der Waals surface area (Å²) in [5.74, 6) is 0. The van der Waals surface area contributed by atoms with Gasteiger partial charge in [0.15, 0.2) is 0 Å². The highest BCUT2D eigenvalue weighted by atomic mass is 35.5. The fourth-order valence-corrected chi connectivity index (χ4v) is 2.83. The van der Waals surface area contributed by atoms with Crippen LogP contribution < -0.4 is 15.8 Å². The van der Waals surface area contributed by atoms with Crippen LogP contribution >= 0.6 is 11.6 Å². The van der Waals surface area contributed by atoms with Crippen LogP contribution in [0.15, 0.2) is 11.0 Å². The Kier molecular flexibility index (Phi) is 5.61. The topological polar surface area (TPSA) is 53.4 Å². The third kappa shape index (κ3) is 3.96. The Bertz CT molecular complexity index is 531. The Hall–Kier alpha value is -1.11. The predicted molar refractivity (Wildman–Crippen MR) is 86.4 cm³/mol. The Morgan fingerprint density at radius 1 is 1.52 bits per heavy atom. The van der Waals surface area contributed by atoms with Crippen LogP contribution in [0.25, 0.3) is 0 Å². The van der Waals surface area contributed by atoms with Gasteiger partial charge in [-0.15, -0.1) is 0 Å². The number of nitrogens with one attached hydrogen (secondary N) is 1. The fourth-order valence-electron chi connectivity index (χ4n) is 2.56. The maximum absolute atomic E-state index is 12.3. The lowest BCUT2D eigenvalue weighted by molar-refractivity contribution is 0.367. The summed E-state index contributed by atoms with van der Waals surface area (Å²) >= 11 is 6.29. The van der Waals surface area contributed by atoms with Gasteiger partial charge in [-0.25, -0.2) is 4.68 Å². The smallest absolute Gasteiger partial charge is 0.287 e. The van der Waals surface area contributed by atoms with E-state index in [9.17, 15) is 4.79 Å². The SMILES string of the molecule is CNC1CCCN(c2cnn(CCN(C)C)c(=O)c2Cl)C1. The molecule has 0 radical (unpaired) electrons. The summed E-state index contributed by atoms with van der Waals surface area (Å²) in [6.45, 7) is 3.08. The van der Waals surface area contributed by atoms with Crippen molar-refractivity contribution in [2.45, 2.75) is 25.4 Å². The summed E-state index contributed by atoms with van der Waals surface area (Å²) in [5, 5.41) is 7.83. The van der Waals surface area contributed by atoms with Crippen molar-refractivity contribution in [3.05, 3.63) is 21.6 Å². The standard InChI is InChI=1S/C14H24ClN5O/c1-16-11-5-4-6-19(10-11)12-9-17-20(8-7-18(2)3)14(21)13(12)15/h9,11,16H,4-8,10H2,1-3H3. The summed E-state index contributed by atoms with van der Waals surface area (Å²) < 4.78 is 1.44. The number of hydrogen-bond donors (Lipinski definition) is 1. The van der Waals surface area contributed by atoms with Crippen molar-refractivity contribution >= 4 is 17.3 Å². The average Bonchev–Trinajstić information content (AvgIpc) is 2.48. The third-order valence-corrected chi connectivity index (χ3v) is 4.25. The number of piperidine rings is 1. The first-order valence-electron chi connectivity index (χ1n) is 7.35. The normalized spacial score (nSPS) is 19.3. The molecule has 1 aliphatic rings. The first-order valence-corrected chi connectivity index (χ1v) is 7.73. The fraction of sp³-hybridized carbons (Fsp3) is 0.714. The summed E-state index contributed by atoms with van der Waals surface area (Å²) in [7, 11) is 5.90. The zero-order valence-corrected chi connectivity index (χ0v) is 13.7. The van der Waals surface area contributed by atoms with Crippen LogP contribution in [-0.4, -0.2) is 61.5 Å². The molecule has 0 aliphatic carbocycles. The maximum atomic E-state index is 12.3. The van der Waals surface area contributed by atoms with Crippen molar-refractivity contribution in [1.82, 2.24) is 20.0 Å². The number of halogens is 1. The Balaban J connectivity index is 2.18. The zero-order chi connectivity index (χ0) is 15.4. The van der Waals surface area contributed by atoms with E-state index in [1.807, 2.05) is 26.0 Å². The maximum Gasteiger partial charge on any atom is 0.287 e.